The van der Waals surface area contributed by atoms with Crippen molar-refractivity contribution in [1.29, 1.82) is 0 Å². The molecule has 0 aliphatic carbocycles. The smallest absolute Gasteiger partial charge is 0.423 e. The first-order valence-corrected chi connectivity index (χ1v) is 9.74. The van der Waals surface area contributed by atoms with Crippen LogP contribution in [0.2, 0.25) is 0 Å². The van der Waals surface area contributed by atoms with Crippen LogP contribution in [0.5, 0.6) is 0 Å². The van der Waals surface area contributed by atoms with Crippen LogP contribution >= 0.6 is 0 Å². The van der Waals surface area contributed by atoms with E-state index in [2.05, 4.69) is 10.6 Å². The normalized spacial score (nSPS) is 19.7. The summed E-state index contributed by atoms with van der Waals surface area (Å²) in [5, 5.41) is 23.3. The van der Waals surface area contributed by atoms with Crippen molar-refractivity contribution in [2.75, 3.05) is 25.0 Å². The lowest BCUT2D eigenvalue weighted by Gasteiger charge is -2.34. The summed E-state index contributed by atoms with van der Waals surface area (Å²) in [5.74, 6) is -1.22. The first-order chi connectivity index (χ1) is 14.2. The SMILES string of the molecule is NC1CC(N)CN(C(=O)CCC(N)C(=O)NCC(=O)Nc2cccc(B(O)O)c2)C1. The van der Waals surface area contributed by atoms with Gasteiger partial charge in [-0.05, 0) is 30.4 Å². The van der Waals surface area contributed by atoms with Crippen LogP contribution < -0.4 is 33.3 Å². The van der Waals surface area contributed by atoms with Gasteiger partial charge in [-0.15, -0.1) is 0 Å². The van der Waals surface area contributed by atoms with E-state index < -0.39 is 25.0 Å². The molecule has 0 bridgehead atoms. The summed E-state index contributed by atoms with van der Waals surface area (Å²) in [4.78, 5) is 37.9. The molecule has 1 heterocycles. The minimum atomic E-state index is -1.65. The molecule has 1 saturated heterocycles. The quantitative estimate of drug-likeness (QED) is 0.209. The lowest BCUT2D eigenvalue weighted by Crippen LogP contribution is -2.54. The number of carbonyl (C=O) groups excluding carboxylic acids is 3. The molecule has 0 radical (unpaired) electrons. The molecule has 1 aliphatic heterocycles. The van der Waals surface area contributed by atoms with E-state index in [1.54, 1.807) is 17.0 Å². The summed E-state index contributed by atoms with van der Waals surface area (Å²) < 4.78 is 0. The van der Waals surface area contributed by atoms with Crippen LogP contribution in [0.15, 0.2) is 24.3 Å². The van der Waals surface area contributed by atoms with Gasteiger partial charge in [0.2, 0.25) is 17.7 Å². The largest absolute Gasteiger partial charge is 0.488 e. The number of amides is 3. The molecule has 2 rings (SSSR count). The zero-order valence-corrected chi connectivity index (χ0v) is 16.7. The lowest BCUT2D eigenvalue weighted by molar-refractivity contribution is -0.133. The molecule has 3 amide bonds. The Morgan fingerprint density at radius 2 is 1.87 bits per heavy atom. The first kappa shape index (κ1) is 23.8. The first-order valence-electron chi connectivity index (χ1n) is 9.74. The van der Waals surface area contributed by atoms with Crippen molar-refractivity contribution in [3.8, 4) is 0 Å². The van der Waals surface area contributed by atoms with Crippen LogP contribution in [0.25, 0.3) is 0 Å². The summed E-state index contributed by atoms with van der Waals surface area (Å²) in [6.07, 6.45) is 0.874. The maximum atomic E-state index is 12.3. The molecule has 1 aromatic carbocycles. The molecule has 0 aromatic heterocycles. The molecule has 3 unspecified atom stereocenters. The summed E-state index contributed by atoms with van der Waals surface area (Å²) in [5.41, 5.74) is 18.2. The number of benzene rings is 1. The number of nitrogens with two attached hydrogens (primary N) is 3. The van der Waals surface area contributed by atoms with Gasteiger partial charge in [-0.1, -0.05) is 12.1 Å². The van der Waals surface area contributed by atoms with Crippen LogP contribution in [0.1, 0.15) is 19.3 Å². The second-order valence-corrected chi connectivity index (χ2v) is 7.46. The monoisotopic (exact) mass is 420 g/mol. The highest BCUT2D eigenvalue weighted by atomic mass is 16.4. The molecule has 12 heteroatoms. The third-order valence-electron chi connectivity index (χ3n) is 4.77. The predicted molar refractivity (Wildman–Crippen MR) is 112 cm³/mol. The number of anilines is 1. The van der Waals surface area contributed by atoms with Crippen LogP contribution in [0, 0.1) is 0 Å². The zero-order valence-electron chi connectivity index (χ0n) is 16.7. The minimum Gasteiger partial charge on any atom is -0.423 e. The van der Waals surface area contributed by atoms with E-state index in [9.17, 15) is 14.4 Å². The number of piperidine rings is 1. The van der Waals surface area contributed by atoms with E-state index in [-0.39, 0.29) is 42.8 Å². The van der Waals surface area contributed by atoms with Gasteiger partial charge in [-0.25, -0.2) is 0 Å². The molecule has 164 valence electrons. The molecule has 10 N–H and O–H groups in total. The van der Waals surface area contributed by atoms with Gasteiger partial charge in [0.25, 0.3) is 0 Å². The topological polar surface area (TPSA) is 197 Å². The van der Waals surface area contributed by atoms with Gasteiger partial charge in [0.1, 0.15) is 0 Å². The van der Waals surface area contributed by atoms with Crippen LogP contribution in [0.4, 0.5) is 5.69 Å². The second-order valence-electron chi connectivity index (χ2n) is 7.46. The average molecular weight is 420 g/mol. The number of likely N-dealkylation sites (tertiary alicyclic amines) is 1. The van der Waals surface area contributed by atoms with Gasteiger partial charge in [0.15, 0.2) is 0 Å². The van der Waals surface area contributed by atoms with Crippen LogP contribution in [-0.4, -0.2) is 77.5 Å². The molecule has 0 spiro atoms. The van der Waals surface area contributed by atoms with Crippen molar-refractivity contribution in [3.05, 3.63) is 24.3 Å². The van der Waals surface area contributed by atoms with E-state index in [0.29, 0.717) is 25.2 Å². The fourth-order valence-electron chi connectivity index (χ4n) is 3.23. The molecule has 30 heavy (non-hydrogen) atoms. The Balaban J connectivity index is 1.73. The Hall–Kier alpha value is -2.51. The van der Waals surface area contributed by atoms with Crippen molar-refractivity contribution in [2.45, 2.75) is 37.4 Å². The molecular formula is C18H29BN6O5. The van der Waals surface area contributed by atoms with Gasteiger partial charge in [-0.3, -0.25) is 14.4 Å². The Morgan fingerprint density at radius 3 is 2.50 bits per heavy atom. The third-order valence-corrected chi connectivity index (χ3v) is 4.77. The van der Waals surface area contributed by atoms with Gasteiger partial charge in [0.05, 0.1) is 12.6 Å². The van der Waals surface area contributed by atoms with E-state index >= 15 is 0 Å². The third kappa shape index (κ3) is 7.39. The molecule has 3 atom stereocenters. The Bertz CT molecular complexity index is 754. The maximum absolute atomic E-state index is 12.3. The Morgan fingerprint density at radius 1 is 1.20 bits per heavy atom. The van der Waals surface area contributed by atoms with E-state index in [0.717, 1.165) is 0 Å². The minimum absolute atomic E-state index is 0.0799. The Kier molecular flexibility index (Phi) is 8.75. The van der Waals surface area contributed by atoms with Crippen molar-refractivity contribution < 1.29 is 24.4 Å². The molecular weight excluding hydrogens is 391 g/mol. The molecule has 1 fully saturated rings. The van der Waals surface area contributed by atoms with Crippen LogP contribution in [0.3, 0.4) is 0 Å². The van der Waals surface area contributed by atoms with Gasteiger partial charge < -0.3 is 42.8 Å². The summed E-state index contributed by atoms with van der Waals surface area (Å²) >= 11 is 0. The van der Waals surface area contributed by atoms with E-state index in [1.807, 2.05) is 0 Å². The number of hydrogen-bond acceptors (Lipinski definition) is 8. The average Bonchev–Trinajstić information content (AvgIpc) is 2.69. The highest BCUT2D eigenvalue weighted by molar-refractivity contribution is 6.58. The Labute approximate surface area is 175 Å². The van der Waals surface area contributed by atoms with Crippen molar-refractivity contribution in [2.24, 2.45) is 17.2 Å². The molecule has 1 aromatic rings. The van der Waals surface area contributed by atoms with Gasteiger partial charge >= 0.3 is 7.12 Å². The summed E-state index contributed by atoms with van der Waals surface area (Å²) in [6, 6.07) is 4.76. The second kappa shape index (κ2) is 11.0. The maximum Gasteiger partial charge on any atom is 0.488 e. The van der Waals surface area contributed by atoms with Gasteiger partial charge in [-0.2, -0.15) is 0 Å². The molecule has 0 saturated carbocycles. The summed E-state index contributed by atoms with van der Waals surface area (Å²) in [6.45, 7) is 0.549. The number of hydrogen-bond donors (Lipinski definition) is 7. The number of carbonyl (C=O) groups is 3. The van der Waals surface area contributed by atoms with Crippen LogP contribution in [-0.2, 0) is 14.4 Å². The van der Waals surface area contributed by atoms with Crippen molar-refractivity contribution in [3.63, 3.8) is 0 Å². The molecule has 11 nitrogen and oxygen atoms in total. The van der Waals surface area contributed by atoms with E-state index in [4.69, 9.17) is 27.2 Å². The standard InChI is InChI=1S/C18H29BN6O5/c20-12-7-13(21)10-25(9-12)17(27)5-4-15(22)18(28)23-8-16(26)24-14-3-1-2-11(6-14)19(29)30/h1-3,6,12-13,15,29-30H,4-5,7-10,20-22H2,(H,23,28)(H,24,26). The highest BCUT2D eigenvalue weighted by Crippen LogP contribution is 2.10. The predicted octanol–water partition coefficient (Wildman–Crippen LogP) is -3.58. The molecule has 1 aliphatic rings. The number of nitrogens with zero attached hydrogens (tertiary/aromatic N) is 1. The number of nitrogens with one attached hydrogen (secondary N) is 2. The fraction of sp³-hybridized carbons (Fsp3) is 0.500. The fourth-order valence-corrected chi connectivity index (χ4v) is 3.23. The van der Waals surface area contributed by atoms with Crippen molar-refractivity contribution >= 4 is 36.0 Å². The van der Waals surface area contributed by atoms with Crippen molar-refractivity contribution in [1.82, 2.24) is 10.2 Å². The number of rotatable bonds is 8. The summed E-state index contributed by atoms with van der Waals surface area (Å²) in [7, 11) is -1.65. The lowest BCUT2D eigenvalue weighted by atomic mass is 9.80. The van der Waals surface area contributed by atoms with Gasteiger partial charge in [0, 0.05) is 37.3 Å². The zero-order chi connectivity index (χ0) is 22.3. The highest BCUT2D eigenvalue weighted by Gasteiger charge is 2.26. The van der Waals surface area contributed by atoms with E-state index in [1.165, 1.54) is 12.1 Å².